The number of nitrogens with one attached hydrogen (secondary N) is 2. The Hall–Kier alpha value is -2.82. The number of amides is 1. The normalized spacial score (nSPS) is 20.5. The van der Waals surface area contributed by atoms with Gasteiger partial charge >= 0.3 is 6.18 Å². The second kappa shape index (κ2) is 9.09. The smallest absolute Gasteiger partial charge is 0.364 e. The molecule has 2 aromatic rings. The van der Waals surface area contributed by atoms with Crippen molar-refractivity contribution in [2.24, 2.45) is 17.8 Å². The van der Waals surface area contributed by atoms with Crippen LogP contribution in [0.25, 0.3) is 5.70 Å². The molecule has 4 rings (SSSR count). The Morgan fingerprint density at radius 3 is 2.59 bits per heavy atom. The van der Waals surface area contributed by atoms with E-state index in [1.165, 1.54) is 22.9 Å². The van der Waals surface area contributed by atoms with Crippen molar-refractivity contribution in [3.05, 3.63) is 34.7 Å². The topological polar surface area (TPSA) is 148 Å². The summed E-state index contributed by atoms with van der Waals surface area (Å²) in [5, 5.41) is 5.80. The first-order valence-electron chi connectivity index (χ1n) is 10.1. The number of aryl methyl sites for hydroxylation is 1. The number of carbonyl (C=O) groups excluding carboxylic acids is 1. The van der Waals surface area contributed by atoms with E-state index in [1.54, 1.807) is 11.6 Å². The van der Waals surface area contributed by atoms with Crippen LogP contribution >= 0.6 is 11.5 Å². The third kappa shape index (κ3) is 4.98. The molecule has 1 amide bonds. The van der Waals surface area contributed by atoms with Crippen LogP contribution in [0.3, 0.4) is 0 Å². The van der Waals surface area contributed by atoms with Crippen LogP contribution in [0.2, 0.25) is 0 Å². The fraction of sp³-hybridized carbons (Fsp3) is 0.444. The van der Waals surface area contributed by atoms with Crippen molar-refractivity contribution in [2.45, 2.75) is 36.4 Å². The van der Waals surface area contributed by atoms with Gasteiger partial charge < -0.3 is 15.6 Å². The number of hydrogen-bond donors (Lipinski definition) is 3. The SMILES string of the molecule is Cn1cnc(S(=O)(=O)N2CCC(NC3N=CC(C(F)(F)F)=C(c4cc(C(N)=O)ns4)N3)CC2)c1. The van der Waals surface area contributed by atoms with E-state index in [0.29, 0.717) is 24.4 Å². The number of nitrogens with zero attached hydrogens (tertiary/aromatic N) is 5. The molecule has 2 aliphatic rings. The lowest BCUT2D eigenvalue weighted by Crippen LogP contribution is -2.52. The highest BCUT2D eigenvalue weighted by atomic mass is 32.2. The van der Waals surface area contributed by atoms with Crippen LogP contribution < -0.4 is 16.4 Å². The van der Waals surface area contributed by atoms with Crippen LogP contribution in [-0.2, 0) is 17.1 Å². The number of aromatic nitrogens is 3. The van der Waals surface area contributed by atoms with Crippen molar-refractivity contribution in [3.8, 4) is 0 Å². The molecule has 1 unspecified atom stereocenters. The van der Waals surface area contributed by atoms with Crippen LogP contribution in [0.1, 0.15) is 28.2 Å². The van der Waals surface area contributed by atoms with Gasteiger partial charge in [-0.25, -0.2) is 13.4 Å². The molecule has 0 bridgehead atoms. The fourth-order valence-corrected chi connectivity index (χ4v) is 5.82. The summed E-state index contributed by atoms with van der Waals surface area (Å²) in [5.41, 5.74) is 3.77. The summed E-state index contributed by atoms with van der Waals surface area (Å²) >= 11 is 0.713. The molecule has 2 aliphatic heterocycles. The third-order valence-electron chi connectivity index (χ3n) is 5.35. The van der Waals surface area contributed by atoms with E-state index in [4.69, 9.17) is 5.73 Å². The van der Waals surface area contributed by atoms with Crippen molar-refractivity contribution in [1.82, 2.24) is 28.9 Å². The Balaban J connectivity index is 1.43. The average Bonchev–Trinajstić information content (AvgIpc) is 3.43. The Bertz CT molecular complexity index is 1240. The molecule has 1 fully saturated rings. The van der Waals surface area contributed by atoms with Crippen LogP contribution in [0, 0.1) is 0 Å². The second-order valence-corrected chi connectivity index (χ2v) is 10.5. The first-order chi connectivity index (χ1) is 15.9. The van der Waals surface area contributed by atoms with Gasteiger partial charge in [0.2, 0.25) is 0 Å². The number of piperidine rings is 1. The van der Waals surface area contributed by atoms with E-state index in [0.717, 1.165) is 6.21 Å². The van der Waals surface area contributed by atoms with Crippen molar-refractivity contribution in [3.63, 3.8) is 0 Å². The molecule has 1 saturated heterocycles. The van der Waals surface area contributed by atoms with Gasteiger partial charge in [-0.15, -0.1) is 0 Å². The molecule has 1 atom stereocenters. The maximum absolute atomic E-state index is 13.5. The molecule has 4 N–H and O–H groups in total. The van der Waals surface area contributed by atoms with Crippen molar-refractivity contribution in [2.75, 3.05) is 13.1 Å². The number of carbonyl (C=O) groups is 1. The Morgan fingerprint density at radius 2 is 2.03 bits per heavy atom. The summed E-state index contributed by atoms with van der Waals surface area (Å²) in [6, 6.07) is 0.999. The first kappa shape index (κ1) is 24.3. The molecule has 0 aliphatic carbocycles. The lowest BCUT2D eigenvalue weighted by atomic mass is 10.1. The molecule has 184 valence electrons. The molecular formula is C18H21F3N8O3S2. The molecule has 16 heteroatoms. The van der Waals surface area contributed by atoms with E-state index in [9.17, 15) is 26.4 Å². The lowest BCUT2D eigenvalue weighted by molar-refractivity contribution is -0.0855. The van der Waals surface area contributed by atoms with Gasteiger partial charge in [-0.1, -0.05) is 0 Å². The van der Waals surface area contributed by atoms with E-state index in [-0.39, 0.29) is 40.4 Å². The number of hydrogen-bond acceptors (Lipinski definition) is 9. The Morgan fingerprint density at radius 1 is 1.32 bits per heavy atom. The third-order valence-corrected chi connectivity index (χ3v) is 7.94. The molecule has 0 aromatic carbocycles. The molecule has 4 heterocycles. The minimum absolute atomic E-state index is 0.0331. The second-order valence-electron chi connectivity index (χ2n) is 7.77. The highest BCUT2D eigenvalue weighted by Crippen LogP contribution is 2.33. The van der Waals surface area contributed by atoms with Crippen molar-refractivity contribution in [1.29, 1.82) is 0 Å². The number of nitrogens with two attached hydrogens (primary N) is 1. The standard InChI is InChI=1S/C18H21F3N8O3S2/c1-28-8-14(24-9-28)34(31,32)29-4-2-10(3-5-29)25-17-23-7-11(18(19,20)21)15(26-17)13-6-12(16(22)30)27-33-13/h6-10,17,25-26H,2-5H2,1H3,(H2,22,30). The quantitative estimate of drug-likeness (QED) is 0.509. The van der Waals surface area contributed by atoms with E-state index >= 15 is 0 Å². The number of aliphatic imine (C=N–C) groups is 1. The predicted molar refractivity (Wildman–Crippen MR) is 117 cm³/mol. The minimum atomic E-state index is -4.68. The van der Waals surface area contributed by atoms with Crippen LogP contribution in [0.15, 0.2) is 34.2 Å². The summed E-state index contributed by atoms with van der Waals surface area (Å²) in [5.74, 6) is -0.844. The maximum atomic E-state index is 13.5. The highest BCUT2D eigenvalue weighted by Gasteiger charge is 2.39. The molecule has 34 heavy (non-hydrogen) atoms. The summed E-state index contributed by atoms with van der Waals surface area (Å²) in [6.07, 6.45) is -1.15. The zero-order valence-electron chi connectivity index (χ0n) is 17.8. The van der Waals surface area contributed by atoms with Crippen molar-refractivity contribution < 1.29 is 26.4 Å². The number of alkyl halides is 3. The maximum Gasteiger partial charge on any atom is 0.419 e. The summed E-state index contributed by atoms with van der Waals surface area (Å²) in [7, 11) is -2.04. The summed E-state index contributed by atoms with van der Waals surface area (Å²) < 4.78 is 72.7. The monoisotopic (exact) mass is 518 g/mol. The average molecular weight is 519 g/mol. The zero-order chi connectivity index (χ0) is 24.7. The molecule has 0 spiro atoms. The van der Waals surface area contributed by atoms with Gasteiger partial charge in [-0.3, -0.25) is 15.1 Å². The largest absolute Gasteiger partial charge is 0.419 e. The van der Waals surface area contributed by atoms with Gasteiger partial charge in [0.25, 0.3) is 15.9 Å². The van der Waals surface area contributed by atoms with Gasteiger partial charge in [0.05, 0.1) is 22.5 Å². The van der Waals surface area contributed by atoms with Crippen molar-refractivity contribution >= 4 is 39.4 Å². The number of imidazole rings is 1. The number of halogens is 3. The summed E-state index contributed by atoms with van der Waals surface area (Å²) in [6.45, 7) is 0.445. The van der Waals surface area contributed by atoms with Crippen LogP contribution in [-0.4, -0.2) is 70.4 Å². The molecule has 0 saturated carbocycles. The van der Waals surface area contributed by atoms with Gasteiger partial charge in [-0.2, -0.15) is 21.9 Å². The van der Waals surface area contributed by atoms with Gasteiger partial charge in [0.1, 0.15) is 5.69 Å². The Kier molecular flexibility index (Phi) is 6.50. The predicted octanol–water partition coefficient (Wildman–Crippen LogP) is 0.649. The number of rotatable bonds is 6. The summed E-state index contributed by atoms with van der Waals surface area (Å²) in [4.78, 5) is 19.2. The number of allylic oxidation sites excluding steroid dienone is 1. The van der Waals surface area contributed by atoms with Gasteiger partial charge in [0.15, 0.2) is 11.3 Å². The number of primary amides is 1. The van der Waals surface area contributed by atoms with Gasteiger partial charge in [-0.05, 0) is 30.4 Å². The Labute approximate surface area is 196 Å². The van der Waals surface area contributed by atoms with Crippen LogP contribution in [0.4, 0.5) is 13.2 Å². The van der Waals surface area contributed by atoms with E-state index < -0.39 is 34.0 Å². The molecule has 11 nitrogen and oxygen atoms in total. The van der Waals surface area contributed by atoms with Crippen LogP contribution in [0.5, 0.6) is 0 Å². The van der Waals surface area contributed by atoms with E-state index in [1.807, 2.05) is 0 Å². The zero-order valence-corrected chi connectivity index (χ0v) is 19.4. The van der Waals surface area contributed by atoms with E-state index in [2.05, 4.69) is 25.0 Å². The fourth-order valence-electron chi connectivity index (χ4n) is 3.62. The first-order valence-corrected chi connectivity index (χ1v) is 12.3. The lowest BCUT2D eigenvalue weighted by Gasteiger charge is -2.34. The highest BCUT2D eigenvalue weighted by molar-refractivity contribution is 7.89. The molecular weight excluding hydrogens is 497 g/mol. The molecule has 0 radical (unpaired) electrons. The number of sulfonamides is 1. The molecule has 2 aromatic heterocycles. The minimum Gasteiger partial charge on any atom is -0.364 e. The van der Waals surface area contributed by atoms with Gasteiger partial charge in [0, 0.05) is 38.6 Å².